The Balaban J connectivity index is 2.55. The van der Waals surface area contributed by atoms with Crippen LogP contribution in [0, 0.1) is 5.92 Å². The van der Waals surface area contributed by atoms with E-state index in [4.69, 9.17) is 4.74 Å². The third-order valence-electron chi connectivity index (χ3n) is 2.92. The summed E-state index contributed by atoms with van der Waals surface area (Å²) in [4.78, 5) is 11.3. The van der Waals surface area contributed by atoms with E-state index in [2.05, 4.69) is 26.3 Å². The van der Waals surface area contributed by atoms with Crippen molar-refractivity contribution < 1.29 is 9.53 Å². The second-order valence-electron chi connectivity index (χ2n) is 3.73. The topological polar surface area (TPSA) is 26.3 Å². The van der Waals surface area contributed by atoms with E-state index in [1.54, 1.807) is 0 Å². The van der Waals surface area contributed by atoms with Crippen molar-refractivity contribution in [2.75, 3.05) is 0 Å². The minimum absolute atomic E-state index is 0.0544. The Morgan fingerprint density at radius 1 is 1.00 bits per heavy atom. The number of rotatable bonds is 0. The van der Waals surface area contributed by atoms with Gasteiger partial charge >= 0.3 is 5.97 Å². The van der Waals surface area contributed by atoms with Crippen LogP contribution in [0.3, 0.4) is 0 Å². The molecule has 0 spiro atoms. The van der Waals surface area contributed by atoms with Crippen LogP contribution in [0.4, 0.5) is 0 Å². The van der Waals surface area contributed by atoms with Gasteiger partial charge in [-0.1, -0.05) is 26.3 Å². The monoisotopic (exact) mass is 188 g/mol. The highest BCUT2D eigenvalue weighted by Crippen LogP contribution is 2.44. The van der Waals surface area contributed by atoms with Crippen LogP contribution >= 0.6 is 0 Å². The van der Waals surface area contributed by atoms with Crippen molar-refractivity contribution >= 4 is 5.97 Å². The van der Waals surface area contributed by atoms with Gasteiger partial charge in [0.25, 0.3) is 0 Å². The summed E-state index contributed by atoms with van der Waals surface area (Å²) >= 11 is 0. The molecule has 72 valence electrons. The fourth-order valence-corrected chi connectivity index (χ4v) is 1.94. The van der Waals surface area contributed by atoms with Gasteiger partial charge in [0.1, 0.15) is 0 Å². The molecule has 0 aromatic carbocycles. The van der Waals surface area contributed by atoms with Crippen LogP contribution in [-0.4, -0.2) is 12.1 Å². The molecule has 0 atom stereocenters. The number of hydrogen-bond acceptors (Lipinski definition) is 2. The minimum atomic E-state index is -0.429. The summed E-state index contributed by atoms with van der Waals surface area (Å²) in [5.74, 6) is -0.277. The molecule has 0 N–H and O–H groups in total. The van der Waals surface area contributed by atoms with E-state index in [1.165, 1.54) is 0 Å². The average molecular weight is 188 g/mol. The molecular weight excluding hydrogens is 176 g/mol. The molecule has 0 aromatic rings. The maximum absolute atomic E-state index is 11.3. The Kier molecular flexibility index (Phi) is 1.74. The normalized spacial score (nSPS) is 31.9. The highest BCUT2D eigenvalue weighted by atomic mass is 16.5. The predicted molar refractivity (Wildman–Crippen MR) is 54.5 cm³/mol. The smallest absolute Gasteiger partial charge is 0.307 e. The van der Waals surface area contributed by atoms with E-state index in [9.17, 15) is 4.79 Å². The number of esters is 1. The molecule has 3 rings (SSSR count). The van der Waals surface area contributed by atoms with Gasteiger partial charge in [0.15, 0.2) is 6.10 Å². The van der Waals surface area contributed by atoms with Gasteiger partial charge in [0, 0.05) is 5.92 Å². The highest BCUT2D eigenvalue weighted by Gasteiger charge is 2.40. The lowest BCUT2D eigenvalue weighted by molar-refractivity contribution is -0.144. The number of ether oxygens (including phenoxy) is 1. The lowest BCUT2D eigenvalue weighted by Crippen LogP contribution is -2.25. The van der Waals surface area contributed by atoms with E-state index in [0.29, 0.717) is 6.42 Å². The molecule has 2 nitrogen and oxygen atoms in total. The average Bonchev–Trinajstić information content (AvgIpc) is 2.32. The van der Waals surface area contributed by atoms with Crippen LogP contribution in [-0.2, 0) is 9.53 Å². The SMILES string of the molecule is C=C1C(=C)C2OC(=O)CC1C(=C)C2=C. The lowest BCUT2D eigenvalue weighted by atomic mass is 9.75. The van der Waals surface area contributed by atoms with Crippen molar-refractivity contribution in [1.82, 2.24) is 0 Å². The van der Waals surface area contributed by atoms with Crippen LogP contribution in [0.15, 0.2) is 48.6 Å². The predicted octanol–water partition coefficient (Wildman–Crippen LogP) is 2.16. The molecule has 2 heterocycles. The number of hydrogen-bond donors (Lipinski definition) is 0. The summed E-state index contributed by atoms with van der Waals surface area (Å²) in [7, 11) is 0. The maximum atomic E-state index is 11.3. The van der Waals surface area contributed by atoms with Crippen molar-refractivity contribution in [2.24, 2.45) is 5.92 Å². The molecule has 2 saturated heterocycles. The molecule has 3 aliphatic rings. The van der Waals surface area contributed by atoms with Gasteiger partial charge in [-0.3, -0.25) is 4.79 Å². The van der Waals surface area contributed by atoms with Crippen molar-refractivity contribution in [3.8, 4) is 0 Å². The molecule has 14 heavy (non-hydrogen) atoms. The Hall–Kier alpha value is -1.57. The fraction of sp³-hybridized carbons (Fsp3) is 0.250. The minimum Gasteiger partial charge on any atom is -0.453 e. The van der Waals surface area contributed by atoms with Crippen molar-refractivity contribution in [3.63, 3.8) is 0 Å². The summed E-state index contributed by atoms with van der Waals surface area (Å²) in [6, 6.07) is 0. The largest absolute Gasteiger partial charge is 0.453 e. The van der Waals surface area contributed by atoms with Crippen LogP contribution < -0.4 is 0 Å². The van der Waals surface area contributed by atoms with E-state index in [-0.39, 0.29) is 11.9 Å². The second-order valence-corrected chi connectivity index (χ2v) is 3.73. The third-order valence-corrected chi connectivity index (χ3v) is 2.92. The molecule has 2 heteroatoms. The summed E-state index contributed by atoms with van der Waals surface area (Å²) in [6.45, 7) is 15.6. The summed E-state index contributed by atoms with van der Waals surface area (Å²) < 4.78 is 5.21. The third kappa shape index (κ3) is 1.00. The van der Waals surface area contributed by atoms with E-state index >= 15 is 0 Å². The van der Waals surface area contributed by atoms with Gasteiger partial charge < -0.3 is 4.74 Å². The van der Waals surface area contributed by atoms with Crippen molar-refractivity contribution in [1.29, 1.82) is 0 Å². The summed E-state index contributed by atoms with van der Waals surface area (Å²) in [5, 5.41) is 0. The standard InChI is InChI=1S/C12H12O2/c1-6-8(3)12-9(4)7(2)10(6)5-11(13)14-12/h10,12H,1-5H2. The maximum Gasteiger partial charge on any atom is 0.307 e. The van der Waals surface area contributed by atoms with Gasteiger partial charge in [0.05, 0.1) is 6.42 Å². The van der Waals surface area contributed by atoms with Gasteiger partial charge in [-0.2, -0.15) is 0 Å². The van der Waals surface area contributed by atoms with Crippen molar-refractivity contribution in [3.05, 3.63) is 48.6 Å². The molecule has 3 fully saturated rings. The second kappa shape index (κ2) is 2.71. The molecule has 2 aliphatic heterocycles. The first kappa shape index (κ1) is 9.00. The lowest BCUT2D eigenvalue weighted by Gasteiger charge is -2.30. The molecule has 0 radical (unpaired) electrons. The zero-order valence-corrected chi connectivity index (χ0v) is 8.01. The first-order valence-electron chi connectivity index (χ1n) is 4.47. The highest BCUT2D eigenvalue weighted by molar-refractivity contribution is 5.76. The van der Waals surface area contributed by atoms with Crippen LogP contribution in [0.2, 0.25) is 0 Å². The molecule has 0 amide bonds. The fourth-order valence-electron chi connectivity index (χ4n) is 1.94. The van der Waals surface area contributed by atoms with Gasteiger partial charge in [-0.05, 0) is 22.3 Å². The Morgan fingerprint density at radius 3 is 2.00 bits per heavy atom. The number of fused-ring (bicyclic) bond motifs is 4. The first-order chi connectivity index (χ1) is 6.52. The van der Waals surface area contributed by atoms with Crippen LogP contribution in [0.5, 0.6) is 0 Å². The van der Waals surface area contributed by atoms with E-state index in [0.717, 1.165) is 22.3 Å². The Morgan fingerprint density at radius 2 is 1.50 bits per heavy atom. The number of carbonyl (C=O) groups is 1. The zero-order valence-electron chi connectivity index (χ0n) is 8.01. The summed E-state index contributed by atoms with van der Waals surface area (Å²) in [6.07, 6.45) is -0.118. The summed E-state index contributed by atoms with van der Waals surface area (Å²) in [5.41, 5.74) is 3.24. The van der Waals surface area contributed by atoms with Crippen molar-refractivity contribution in [2.45, 2.75) is 12.5 Å². The van der Waals surface area contributed by atoms with Crippen LogP contribution in [0.1, 0.15) is 6.42 Å². The van der Waals surface area contributed by atoms with E-state index in [1.807, 2.05) is 0 Å². The molecule has 0 unspecified atom stereocenters. The molecular formula is C12H12O2. The molecule has 1 saturated carbocycles. The zero-order chi connectivity index (χ0) is 10.5. The van der Waals surface area contributed by atoms with Gasteiger partial charge in [0.2, 0.25) is 0 Å². The van der Waals surface area contributed by atoms with Crippen LogP contribution in [0.25, 0.3) is 0 Å². The van der Waals surface area contributed by atoms with E-state index < -0.39 is 6.10 Å². The van der Waals surface area contributed by atoms with Gasteiger partial charge in [-0.15, -0.1) is 0 Å². The first-order valence-corrected chi connectivity index (χ1v) is 4.47. The Labute approximate surface area is 83.3 Å². The molecule has 0 aromatic heterocycles. The molecule has 2 bridgehead atoms. The Bertz CT molecular complexity index is 323. The quantitative estimate of drug-likeness (QED) is 0.544. The van der Waals surface area contributed by atoms with Gasteiger partial charge in [-0.25, -0.2) is 0 Å². The molecule has 1 aliphatic carbocycles. The number of carbonyl (C=O) groups excluding carboxylic acids is 1.